The Hall–Kier alpha value is -5.17. The zero-order valence-electron chi connectivity index (χ0n) is 24.9. The Morgan fingerprint density at radius 3 is 2.69 bits per heavy atom. The van der Waals surface area contributed by atoms with E-state index in [1.807, 2.05) is 12.1 Å². The Morgan fingerprint density at radius 1 is 1.13 bits per heavy atom. The van der Waals surface area contributed by atoms with Crippen molar-refractivity contribution in [3.63, 3.8) is 0 Å². The SMILES string of the molecule is CCOc1cc([C@@H](C(=O)NC[C@@H]2CCCO2)N(C(=O)Cn2nnc3ccccc32)c2cc3c(cc2C(C)=O)OCO3)ccc1O. The van der Waals surface area contributed by atoms with E-state index >= 15 is 0 Å². The molecule has 0 saturated carbocycles. The third kappa shape index (κ3) is 6.11. The fraction of sp³-hybridized carbons (Fsp3) is 0.344. The number of carbonyl (C=O) groups is 3. The molecule has 0 unspecified atom stereocenters. The van der Waals surface area contributed by atoms with Crippen molar-refractivity contribution in [2.24, 2.45) is 0 Å². The smallest absolute Gasteiger partial charge is 0.249 e. The number of Topliss-reactive ketones (excluding diaryl/α,β-unsaturated/α-hetero) is 1. The van der Waals surface area contributed by atoms with E-state index in [9.17, 15) is 19.5 Å². The van der Waals surface area contributed by atoms with Gasteiger partial charge in [-0.25, -0.2) is 4.68 Å². The molecular formula is C32H33N5O8. The van der Waals surface area contributed by atoms with Crippen molar-refractivity contribution in [1.82, 2.24) is 20.3 Å². The second-order valence-electron chi connectivity index (χ2n) is 10.7. The van der Waals surface area contributed by atoms with Crippen LogP contribution in [0.25, 0.3) is 11.0 Å². The lowest BCUT2D eigenvalue weighted by atomic mass is 9.99. The number of phenolic OH excluding ortho intramolecular Hbond substituents is 1. The molecule has 2 N–H and O–H groups in total. The summed E-state index contributed by atoms with van der Waals surface area (Å²) in [5.74, 6) is -0.762. The molecule has 234 valence electrons. The van der Waals surface area contributed by atoms with Crippen LogP contribution in [0.4, 0.5) is 5.69 Å². The van der Waals surface area contributed by atoms with Gasteiger partial charge in [0, 0.05) is 24.8 Å². The van der Waals surface area contributed by atoms with Gasteiger partial charge in [0.15, 0.2) is 28.8 Å². The van der Waals surface area contributed by atoms with Gasteiger partial charge in [-0.15, -0.1) is 5.10 Å². The van der Waals surface area contributed by atoms with Gasteiger partial charge < -0.3 is 29.4 Å². The fourth-order valence-corrected chi connectivity index (χ4v) is 5.57. The Kier molecular flexibility index (Phi) is 8.52. The number of fused-ring (bicyclic) bond motifs is 2. The molecule has 13 heteroatoms. The molecule has 45 heavy (non-hydrogen) atoms. The predicted octanol–water partition coefficient (Wildman–Crippen LogP) is 3.54. The monoisotopic (exact) mass is 615 g/mol. The first-order valence-electron chi connectivity index (χ1n) is 14.7. The summed E-state index contributed by atoms with van der Waals surface area (Å²) >= 11 is 0. The topological polar surface area (TPSA) is 154 Å². The molecule has 1 saturated heterocycles. The van der Waals surface area contributed by atoms with Gasteiger partial charge in [-0.3, -0.25) is 19.3 Å². The van der Waals surface area contributed by atoms with Crippen LogP contribution in [0.5, 0.6) is 23.0 Å². The number of benzene rings is 3. The number of rotatable bonds is 11. The van der Waals surface area contributed by atoms with Crippen molar-refractivity contribution in [2.45, 2.75) is 45.4 Å². The maximum absolute atomic E-state index is 14.6. The van der Waals surface area contributed by atoms with E-state index in [1.54, 1.807) is 25.1 Å². The minimum atomic E-state index is -1.31. The first-order chi connectivity index (χ1) is 21.8. The molecule has 3 heterocycles. The summed E-state index contributed by atoms with van der Waals surface area (Å²) in [7, 11) is 0. The third-order valence-electron chi connectivity index (χ3n) is 7.74. The molecular weight excluding hydrogens is 582 g/mol. The number of aromatic nitrogens is 3. The summed E-state index contributed by atoms with van der Waals surface area (Å²) in [5.41, 5.74) is 1.84. The molecule has 2 atom stereocenters. The Balaban J connectivity index is 1.50. The average molecular weight is 616 g/mol. The lowest BCUT2D eigenvalue weighted by Gasteiger charge is -2.33. The van der Waals surface area contributed by atoms with Gasteiger partial charge in [0.2, 0.25) is 18.6 Å². The lowest BCUT2D eigenvalue weighted by molar-refractivity contribution is -0.127. The number of hydrogen-bond donors (Lipinski definition) is 2. The Bertz CT molecular complexity index is 1750. The molecule has 0 radical (unpaired) electrons. The van der Waals surface area contributed by atoms with Crippen LogP contribution in [0.3, 0.4) is 0 Å². The Morgan fingerprint density at radius 2 is 1.93 bits per heavy atom. The van der Waals surface area contributed by atoms with Gasteiger partial charge in [0.25, 0.3) is 0 Å². The standard InChI is InChI=1S/C32H33N5O8/c1-3-42-27-13-20(10-11-26(27)39)31(32(41)33-16-21-7-6-12-43-21)37(25-15-29-28(44-18-45-29)14-22(25)19(2)38)30(40)17-36-24-9-5-4-8-23(24)34-35-36/h4-5,8-11,13-15,21,31,39H,3,6-7,12,16-18H2,1-2H3,(H,33,41)/t21-,31-/m0/s1. The summed E-state index contributed by atoms with van der Waals surface area (Å²) in [6, 6.07) is 13.4. The molecule has 1 aromatic heterocycles. The zero-order chi connectivity index (χ0) is 31.5. The second kappa shape index (κ2) is 12.8. The fourth-order valence-electron chi connectivity index (χ4n) is 5.57. The van der Waals surface area contributed by atoms with E-state index in [4.69, 9.17) is 18.9 Å². The zero-order valence-corrected chi connectivity index (χ0v) is 24.9. The molecule has 2 amide bonds. The Labute approximate surface area is 258 Å². The summed E-state index contributed by atoms with van der Waals surface area (Å²) in [6.45, 7) is 3.86. The van der Waals surface area contributed by atoms with Crippen LogP contribution in [0.2, 0.25) is 0 Å². The molecule has 1 fully saturated rings. The summed E-state index contributed by atoms with van der Waals surface area (Å²) in [5, 5.41) is 21.8. The molecule has 6 rings (SSSR count). The van der Waals surface area contributed by atoms with Crippen molar-refractivity contribution in [1.29, 1.82) is 0 Å². The number of nitrogens with zero attached hydrogens (tertiary/aromatic N) is 4. The number of para-hydroxylation sites is 1. The van der Waals surface area contributed by atoms with Crippen LogP contribution >= 0.6 is 0 Å². The molecule has 13 nitrogen and oxygen atoms in total. The van der Waals surface area contributed by atoms with Gasteiger partial charge >= 0.3 is 0 Å². The highest BCUT2D eigenvalue weighted by atomic mass is 16.7. The number of anilines is 1. The van der Waals surface area contributed by atoms with Crippen molar-refractivity contribution in [3.8, 4) is 23.0 Å². The molecule has 2 aliphatic rings. The van der Waals surface area contributed by atoms with Crippen molar-refractivity contribution in [2.75, 3.05) is 31.5 Å². The minimum absolute atomic E-state index is 0.0595. The van der Waals surface area contributed by atoms with Gasteiger partial charge in [0.1, 0.15) is 18.1 Å². The summed E-state index contributed by atoms with van der Waals surface area (Å²) in [4.78, 5) is 43.2. The highest BCUT2D eigenvalue weighted by Crippen LogP contribution is 2.42. The van der Waals surface area contributed by atoms with Crippen molar-refractivity contribution < 1.29 is 38.4 Å². The van der Waals surface area contributed by atoms with Gasteiger partial charge in [-0.05, 0) is 62.6 Å². The van der Waals surface area contributed by atoms with Crippen LogP contribution in [0, 0.1) is 0 Å². The van der Waals surface area contributed by atoms with Crippen LogP contribution in [-0.4, -0.2) is 70.4 Å². The van der Waals surface area contributed by atoms with Crippen LogP contribution in [0.1, 0.15) is 48.7 Å². The molecule has 0 bridgehead atoms. The molecule has 4 aromatic rings. The van der Waals surface area contributed by atoms with E-state index in [0.29, 0.717) is 34.7 Å². The number of amides is 2. The van der Waals surface area contributed by atoms with E-state index < -0.39 is 17.9 Å². The molecule has 2 aliphatic heterocycles. The maximum Gasteiger partial charge on any atom is 0.249 e. The number of phenols is 1. The number of ether oxygens (including phenoxy) is 4. The highest BCUT2D eigenvalue weighted by Gasteiger charge is 2.37. The van der Waals surface area contributed by atoms with Crippen molar-refractivity contribution in [3.05, 3.63) is 65.7 Å². The number of ketones is 1. The number of hydrogen-bond acceptors (Lipinski definition) is 10. The first kappa shape index (κ1) is 29.9. The normalized spacial score (nSPS) is 16.0. The highest BCUT2D eigenvalue weighted by molar-refractivity contribution is 6.08. The average Bonchev–Trinajstić information content (AvgIpc) is 3.81. The quantitative estimate of drug-likeness (QED) is 0.240. The number of aromatic hydroxyl groups is 1. The van der Waals surface area contributed by atoms with Crippen molar-refractivity contribution >= 4 is 34.3 Å². The number of nitrogens with one attached hydrogen (secondary N) is 1. The van der Waals surface area contributed by atoms with Crippen LogP contribution < -0.4 is 24.4 Å². The van der Waals surface area contributed by atoms with E-state index in [-0.39, 0.29) is 61.1 Å². The largest absolute Gasteiger partial charge is 0.504 e. The van der Waals surface area contributed by atoms with E-state index in [1.165, 1.54) is 40.8 Å². The summed E-state index contributed by atoms with van der Waals surface area (Å²) < 4.78 is 23.9. The van der Waals surface area contributed by atoms with Crippen LogP contribution in [0.15, 0.2) is 54.6 Å². The van der Waals surface area contributed by atoms with Gasteiger partial charge in [0.05, 0.1) is 23.9 Å². The predicted molar refractivity (Wildman–Crippen MR) is 162 cm³/mol. The number of carbonyl (C=O) groups excluding carboxylic acids is 3. The molecule has 3 aromatic carbocycles. The van der Waals surface area contributed by atoms with Gasteiger partial charge in [-0.1, -0.05) is 23.4 Å². The van der Waals surface area contributed by atoms with E-state index in [2.05, 4.69) is 15.6 Å². The van der Waals surface area contributed by atoms with Crippen LogP contribution in [-0.2, 0) is 20.9 Å². The molecule has 0 spiro atoms. The second-order valence-corrected chi connectivity index (χ2v) is 10.7. The lowest BCUT2D eigenvalue weighted by Crippen LogP contribution is -2.47. The third-order valence-corrected chi connectivity index (χ3v) is 7.74. The van der Waals surface area contributed by atoms with E-state index in [0.717, 1.165) is 12.8 Å². The molecule has 0 aliphatic carbocycles. The van der Waals surface area contributed by atoms with Gasteiger partial charge in [-0.2, -0.15) is 0 Å². The summed E-state index contributed by atoms with van der Waals surface area (Å²) in [6.07, 6.45) is 1.50. The maximum atomic E-state index is 14.6. The first-order valence-corrected chi connectivity index (χ1v) is 14.7. The minimum Gasteiger partial charge on any atom is -0.504 e.